The third kappa shape index (κ3) is 6.24. The Morgan fingerprint density at radius 3 is 1.90 bits per heavy atom. The SMILES string of the molecule is Cc1ccccc1OC(C)C(=O)Nc1ccccc1C(=O)N1CCN(C(c2ccccc2)c2ccccc2)CC1. The Hall–Kier alpha value is -4.42. The van der Waals surface area contributed by atoms with Gasteiger partial charge in [-0.1, -0.05) is 91.0 Å². The van der Waals surface area contributed by atoms with E-state index in [4.69, 9.17) is 4.74 Å². The van der Waals surface area contributed by atoms with Gasteiger partial charge in [-0.3, -0.25) is 14.5 Å². The van der Waals surface area contributed by atoms with Crippen LogP contribution in [0.15, 0.2) is 109 Å². The van der Waals surface area contributed by atoms with Crippen LogP contribution < -0.4 is 10.1 Å². The van der Waals surface area contributed by atoms with E-state index >= 15 is 0 Å². The molecule has 6 nitrogen and oxygen atoms in total. The van der Waals surface area contributed by atoms with Crippen molar-refractivity contribution in [1.82, 2.24) is 9.80 Å². The van der Waals surface area contributed by atoms with E-state index in [1.807, 2.05) is 60.4 Å². The first kappa shape index (κ1) is 27.2. The Kier molecular flexibility index (Phi) is 8.57. The third-order valence-electron chi connectivity index (χ3n) is 7.38. The minimum atomic E-state index is -0.722. The summed E-state index contributed by atoms with van der Waals surface area (Å²) in [6.45, 7) is 6.34. The summed E-state index contributed by atoms with van der Waals surface area (Å²) in [4.78, 5) is 31.0. The fraction of sp³-hybridized carbons (Fsp3) is 0.235. The van der Waals surface area contributed by atoms with Crippen molar-refractivity contribution in [2.24, 2.45) is 0 Å². The molecule has 0 aliphatic carbocycles. The average Bonchev–Trinajstić information content (AvgIpc) is 3.00. The fourth-order valence-electron chi connectivity index (χ4n) is 5.18. The number of rotatable bonds is 8. The predicted octanol–water partition coefficient (Wildman–Crippen LogP) is 5.95. The van der Waals surface area contributed by atoms with E-state index in [2.05, 4.69) is 58.7 Å². The highest BCUT2D eigenvalue weighted by molar-refractivity contribution is 6.04. The molecule has 204 valence electrons. The van der Waals surface area contributed by atoms with Crippen LogP contribution in [-0.4, -0.2) is 53.9 Å². The topological polar surface area (TPSA) is 61.9 Å². The van der Waals surface area contributed by atoms with Gasteiger partial charge in [-0.15, -0.1) is 0 Å². The number of aryl methyl sites for hydroxylation is 1. The lowest BCUT2D eigenvalue weighted by Gasteiger charge is -2.40. The van der Waals surface area contributed by atoms with E-state index < -0.39 is 6.10 Å². The molecule has 0 radical (unpaired) electrons. The maximum absolute atomic E-state index is 13.6. The van der Waals surface area contributed by atoms with Crippen molar-refractivity contribution in [1.29, 1.82) is 0 Å². The molecule has 1 saturated heterocycles. The Labute approximate surface area is 236 Å². The van der Waals surface area contributed by atoms with Gasteiger partial charge in [0.25, 0.3) is 11.8 Å². The maximum atomic E-state index is 13.6. The van der Waals surface area contributed by atoms with Crippen LogP contribution in [0.25, 0.3) is 0 Å². The van der Waals surface area contributed by atoms with Crippen molar-refractivity contribution in [3.05, 3.63) is 131 Å². The summed E-state index contributed by atoms with van der Waals surface area (Å²) in [5, 5.41) is 2.92. The van der Waals surface area contributed by atoms with Gasteiger partial charge >= 0.3 is 0 Å². The highest BCUT2D eigenvalue weighted by Crippen LogP contribution is 2.30. The van der Waals surface area contributed by atoms with E-state index in [1.54, 1.807) is 19.1 Å². The minimum Gasteiger partial charge on any atom is -0.481 e. The molecule has 0 bridgehead atoms. The lowest BCUT2D eigenvalue weighted by molar-refractivity contribution is -0.122. The number of piperazine rings is 1. The second-order valence-electron chi connectivity index (χ2n) is 10.1. The molecule has 0 spiro atoms. The number of para-hydroxylation sites is 2. The Balaban J connectivity index is 1.26. The summed E-state index contributed by atoms with van der Waals surface area (Å²) in [5.74, 6) is 0.276. The zero-order chi connectivity index (χ0) is 27.9. The molecular formula is C34H35N3O3. The van der Waals surface area contributed by atoms with Gasteiger partial charge in [0, 0.05) is 26.2 Å². The van der Waals surface area contributed by atoms with Crippen molar-refractivity contribution >= 4 is 17.5 Å². The number of carbonyl (C=O) groups excluding carboxylic acids is 2. The highest BCUT2D eigenvalue weighted by atomic mass is 16.5. The standard InChI is InChI=1S/C34H35N3O3/c1-25-13-9-12-20-31(25)40-26(2)33(38)35-30-19-11-10-18-29(30)34(39)37-23-21-36(22-24-37)32(27-14-5-3-6-15-27)28-16-7-4-8-17-28/h3-20,26,32H,21-24H2,1-2H3,(H,35,38). The number of hydrogen-bond donors (Lipinski definition) is 1. The van der Waals surface area contributed by atoms with Gasteiger partial charge in [-0.05, 0) is 48.7 Å². The molecule has 1 aliphatic heterocycles. The monoisotopic (exact) mass is 533 g/mol. The molecule has 1 aliphatic rings. The molecule has 1 fully saturated rings. The van der Waals surface area contributed by atoms with Gasteiger partial charge in [-0.25, -0.2) is 0 Å². The van der Waals surface area contributed by atoms with Crippen LogP contribution in [0.1, 0.15) is 40.0 Å². The Morgan fingerprint density at radius 1 is 0.725 bits per heavy atom. The van der Waals surface area contributed by atoms with E-state index in [0.29, 0.717) is 30.1 Å². The molecule has 5 rings (SSSR count). The van der Waals surface area contributed by atoms with Crippen molar-refractivity contribution < 1.29 is 14.3 Å². The molecule has 40 heavy (non-hydrogen) atoms. The molecule has 1 N–H and O–H groups in total. The number of anilines is 1. The number of ether oxygens (including phenoxy) is 1. The van der Waals surface area contributed by atoms with Crippen molar-refractivity contribution in [3.8, 4) is 5.75 Å². The van der Waals surface area contributed by atoms with Crippen molar-refractivity contribution in [2.75, 3.05) is 31.5 Å². The van der Waals surface area contributed by atoms with Crippen LogP contribution >= 0.6 is 0 Å². The molecule has 1 heterocycles. The summed E-state index contributed by atoms with van der Waals surface area (Å²) in [6, 6.07) is 35.9. The normalized spacial score (nSPS) is 14.5. The van der Waals surface area contributed by atoms with Crippen LogP contribution in [0.5, 0.6) is 5.75 Å². The lowest BCUT2D eigenvalue weighted by Crippen LogP contribution is -2.50. The number of amides is 2. The molecule has 1 atom stereocenters. The van der Waals surface area contributed by atoms with E-state index in [1.165, 1.54) is 11.1 Å². The largest absolute Gasteiger partial charge is 0.481 e. The molecule has 0 saturated carbocycles. The molecule has 0 aromatic heterocycles. The smallest absolute Gasteiger partial charge is 0.265 e. The van der Waals surface area contributed by atoms with E-state index in [-0.39, 0.29) is 17.9 Å². The van der Waals surface area contributed by atoms with Crippen molar-refractivity contribution in [3.63, 3.8) is 0 Å². The summed E-state index contributed by atoms with van der Waals surface area (Å²) in [6.07, 6.45) is -0.722. The Bertz CT molecular complexity index is 1390. The summed E-state index contributed by atoms with van der Waals surface area (Å²) in [5.41, 5.74) is 4.41. The Morgan fingerprint density at radius 2 is 1.27 bits per heavy atom. The van der Waals surface area contributed by atoms with Gasteiger partial charge in [0.15, 0.2) is 6.10 Å². The first-order valence-electron chi connectivity index (χ1n) is 13.8. The van der Waals surface area contributed by atoms with Crippen LogP contribution in [0.3, 0.4) is 0 Å². The van der Waals surface area contributed by atoms with E-state index in [9.17, 15) is 9.59 Å². The first-order chi connectivity index (χ1) is 19.5. The number of benzene rings is 4. The fourth-order valence-corrected chi connectivity index (χ4v) is 5.18. The van der Waals surface area contributed by atoms with E-state index in [0.717, 1.165) is 18.7 Å². The number of nitrogens with zero attached hydrogens (tertiary/aromatic N) is 2. The van der Waals surface area contributed by atoms with Crippen LogP contribution in [0, 0.1) is 6.92 Å². The zero-order valence-electron chi connectivity index (χ0n) is 23.0. The van der Waals surface area contributed by atoms with Gasteiger partial charge < -0.3 is 15.0 Å². The van der Waals surface area contributed by atoms with Crippen LogP contribution in [0.2, 0.25) is 0 Å². The maximum Gasteiger partial charge on any atom is 0.265 e. The average molecular weight is 534 g/mol. The summed E-state index contributed by atoms with van der Waals surface area (Å²) in [7, 11) is 0. The van der Waals surface area contributed by atoms with Gasteiger partial charge in [0.1, 0.15) is 5.75 Å². The molecule has 1 unspecified atom stereocenters. The molecule has 4 aromatic rings. The number of hydrogen-bond acceptors (Lipinski definition) is 4. The molecule has 4 aromatic carbocycles. The summed E-state index contributed by atoms with van der Waals surface area (Å²) >= 11 is 0. The quantitative estimate of drug-likeness (QED) is 0.304. The second kappa shape index (κ2) is 12.6. The van der Waals surface area contributed by atoms with Gasteiger partial charge in [0.2, 0.25) is 0 Å². The number of carbonyl (C=O) groups is 2. The molecule has 2 amide bonds. The second-order valence-corrected chi connectivity index (χ2v) is 10.1. The first-order valence-corrected chi connectivity index (χ1v) is 13.8. The third-order valence-corrected chi connectivity index (χ3v) is 7.38. The highest BCUT2D eigenvalue weighted by Gasteiger charge is 2.29. The zero-order valence-corrected chi connectivity index (χ0v) is 23.0. The van der Waals surface area contributed by atoms with Gasteiger partial charge in [-0.2, -0.15) is 0 Å². The predicted molar refractivity (Wildman–Crippen MR) is 159 cm³/mol. The minimum absolute atomic E-state index is 0.0843. The lowest BCUT2D eigenvalue weighted by atomic mass is 9.96. The number of nitrogens with one attached hydrogen (secondary N) is 1. The molecule has 6 heteroatoms. The van der Waals surface area contributed by atoms with Crippen molar-refractivity contribution in [2.45, 2.75) is 26.0 Å². The molecular weight excluding hydrogens is 498 g/mol. The summed E-state index contributed by atoms with van der Waals surface area (Å²) < 4.78 is 5.89. The van der Waals surface area contributed by atoms with Crippen LogP contribution in [0.4, 0.5) is 5.69 Å². The van der Waals surface area contributed by atoms with Crippen LogP contribution in [-0.2, 0) is 4.79 Å². The van der Waals surface area contributed by atoms with Gasteiger partial charge in [0.05, 0.1) is 17.3 Å².